The van der Waals surface area contributed by atoms with Gasteiger partial charge in [0.1, 0.15) is 18.5 Å². The maximum absolute atomic E-state index is 16.3. The van der Waals surface area contributed by atoms with Crippen molar-refractivity contribution in [2.24, 2.45) is 11.8 Å². The number of nitrogen functional groups attached to an aromatic ring is 1. The van der Waals surface area contributed by atoms with Gasteiger partial charge in [-0.25, -0.2) is 9.37 Å². The zero-order chi connectivity index (χ0) is 24.5. The molecule has 0 amide bonds. The molecule has 4 rings (SSSR count). The quantitative estimate of drug-likeness (QED) is 0.551. The molecule has 3 heterocycles. The van der Waals surface area contributed by atoms with Gasteiger partial charge in [-0.15, -0.1) is 0 Å². The number of nitrogens with two attached hydrogens (primary N) is 1. The normalized spacial score (nSPS) is 27.7. The molecule has 1 aliphatic heterocycles. The van der Waals surface area contributed by atoms with Gasteiger partial charge in [-0.2, -0.15) is 9.97 Å². The summed E-state index contributed by atoms with van der Waals surface area (Å²) in [5.74, 6) is -0.539. The average molecular weight is 477 g/mol. The lowest BCUT2D eigenvalue weighted by atomic mass is 9.84. The summed E-state index contributed by atoms with van der Waals surface area (Å²) in [6, 6.07) is 0. The van der Waals surface area contributed by atoms with Crippen molar-refractivity contribution in [3.8, 4) is 0 Å². The lowest BCUT2D eigenvalue weighted by Gasteiger charge is -2.27. The number of rotatable bonds is 8. The lowest BCUT2D eigenvalue weighted by molar-refractivity contribution is -0.150. The zero-order valence-corrected chi connectivity index (χ0v) is 19.9. The summed E-state index contributed by atoms with van der Waals surface area (Å²) in [5, 5.41) is 2.90. The highest BCUT2D eigenvalue weighted by Crippen LogP contribution is 2.48. The van der Waals surface area contributed by atoms with Crippen LogP contribution in [0.2, 0.25) is 0 Å². The second kappa shape index (κ2) is 9.81. The molecule has 0 radical (unpaired) electrons. The third-order valence-corrected chi connectivity index (χ3v) is 6.98. The van der Waals surface area contributed by atoms with Crippen LogP contribution in [0.15, 0.2) is 6.33 Å². The lowest BCUT2D eigenvalue weighted by Crippen LogP contribution is -2.37. The van der Waals surface area contributed by atoms with Crippen molar-refractivity contribution >= 4 is 34.7 Å². The summed E-state index contributed by atoms with van der Waals surface area (Å²) >= 11 is 0. The van der Waals surface area contributed by atoms with Crippen molar-refractivity contribution in [2.75, 3.05) is 24.7 Å². The topological polar surface area (TPSA) is 134 Å². The first-order chi connectivity index (χ1) is 16.2. The number of carbonyl (C=O) groups is 2. The first kappa shape index (κ1) is 24.3. The van der Waals surface area contributed by atoms with Crippen LogP contribution in [0.3, 0.4) is 0 Å². The van der Waals surface area contributed by atoms with Crippen LogP contribution < -0.4 is 11.1 Å². The van der Waals surface area contributed by atoms with E-state index in [-0.39, 0.29) is 30.7 Å². The zero-order valence-electron chi connectivity index (χ0n) is 19.9. The van der Waals surface area contributed by atoms with E-state index in [1.807, 2.05) is 0 Å². The molecule has 2 aromatic rings. The Morgan fingerprint density at radius 1 is 1.29 bits per heavy atom. The summed E-state index contributed by atoms with van der Waals surface area (Å²) < 4.78 is 29.3. The highest BCUT2D eigenvalue weighted by atomic mass is 19.1. The number of esters is 1. The third-order valence-electron chi connectivity index (χ3n) is 6.98. The molecule has 0 aromatic carbocycles. The van der Waals surface area contributed by atoms with Crippen LogP contribution in [0.25, 0.3) is 11.2 Å². The summed E-state index contributed by atoms with van der Waals surface area (Å²) in [6.07, 6.45) is 5.34. The van der Waals surface area contributed by atoms with Crippen LogP contribution in [-0.2, 0) is 19.1 Å². The molecule has 2 fully saturated rings. The monoisotopic (exact) mass is 476 g/mol. The number of nitrogens with zero attached hydrogens (tertiary/aromatic N) is 4. The molecule has 0 spiro atoms. The van der Waals surface area contributed by atoms with Crippen molar-refractivity contribution in [3.63, 3.8) is 0 Å². The van der Waals surface area contributed by atoms with Gasteiger partial charge in [-0.3, -0.25) is 9.36 Å². The molecule has 11 heteroatoms. The van der Waals surface area contributed by atoms with Gasteiger partial charge in [0, 0.05) is 25.8 Å². The standard InChI is InChI=1S/C23H33FN6O4/c1-13(31)9-15-16(11-33-17(32)10-14-7-5-4-6-8-14)34-21(23(15,2)24)30-12-27-18-19(26-3)28-22(25)29-20(18)30/h12,14-16,21H,4-11H2,1-3H3,(H3,25,26,28,29)/t15-,16-,21-,23-/m1/s1. The predicted octanol–water partition coefficient (Wildman–Crippen LogP) is 3.18. The van der Waals surface area contributed by atoms with E-state index >= 15 is 4.39 Å². The van der Waals surface area contributed by atoms with E-state index in [4.69, 9.17) is 15.2 Å². The first-order valence-corrected chi connectivity index (χ1v) is 11.9. The number of carbonyl (C=O) groups excluding carboxylic acids is 2. The Balaban J connectivity index is 1.55. The summed E-state index contributed by atoms with van der Waals surface area (Å²) in [6.45, 7) is 2.69. The van der Waals surface area contributed by atoms with Crippen molar-refractivity contribution in [1.82, 2.24) is 19.5 Å². The SMILES string of the molecule is CNc1nc(N)nc2c1ncn2[C@@H]1O[C@H](COC(=O)CC2CCCCC2)[C@@H](CC(C)=O)[C@@]1(C)F. The molecule has 1 aliphatic carbocycles. The van der Waals surface area contributed by atoms with Gasteiger partial charge in [0.2, 0.25) is 5.95 Å². The molecule has 186 valence electrons. The number of hydrogen-bond donors (Lipinski definition) is 2. The summed E-state index contributed by atoms with van der Waals surface area (Å²) in [5.41, 5.74) is 4.60. The maximum atomic E-state index is 16.3. The number of alkyl halides is 1. The van der Waals surface area contributed by atoms with E-state index in [2.05, 4.69) is 20.3 Å². The first-order valence-electron chi connectivity index (χ1n) is 11.9. The molecular formula is C23H33FN6O4. The Labute approximate surface area is 197 Å². The van der Waals surface area contributed by atoms with Crippen molar-refractivity contribution in [3.05, 3.63) is 6.33 Å². The second-order valence-corrected chi connectivity index (χ2v) is 9.59. The fourth-order valence-corrected chi connectivity index (χ4v) is 5.21. The number of hydrogen-bond acceptors (Lipinski definition) is 9. The predicted molar refractivity (Wildman–Crippen MR) is 124 cm³/mol. The minimum Gasteiger partial charge on any atom is -0.463 e. The van der Waals surface area contributed by atoms with Crippen molar-refractivity contribution < 1.29 is 23.5 Å². The molecule has 4 atom stereocenters. The largest absolute Gasteiger partial charge is 0.463 e. The number of ketones is 1. The number of imidazole rings is 1. The van der Waals surface area contributed by atoms with E-state index < -0.39 is 23.9 Å². The van der Waals surface area contributed by atoms with Gasteiger partial charge in [0.25, 0.3) is 0 Å². The Hall–Kier alpha value is -2.82. The number of halogens is 1. The van der Waals surface area contributed by atoms with Crippen molar-refractivity contribution in [1.29, 1.82) is 0 Å². The third kappa shape index (κ3) is 4.84. The minimum atomic E-state index is -1.96. The molecule has 1 saturated heterocycles. The molecule has 0 unspecified atom stereocenters. The smallest absolute Gasteiger partial charge is 0.306 e. The van der Waals surface area contributed by atoms with Gasteiger partial charge < -0.3 is 25.3 Å². The summed E-state index contributed by atoms with van der Waals surface area (Å²) in [4.78, 5) is 37.1. The molecule has 34 heavy (non-hydrogen) atoms. The van der Waals surface area contributed by atoms with E-state index in [0.717, 1.165) is 25.7 Å². The van der Waals surface area contributed by atoms with Gasteiger partial charge in [0.05, 0.1) is 6.33 Å². The molecule has 10 nitrogen and oxygen atoms in total. The number of ether oxygens (including phenoxy) is 2. The van der Waals surface area contributed by atoms with Crippen molar-refractivity contribution in [2.45, 2.75) is 76.8 Å². The Morgan fingerprint density at radius 2 is 2.03 bits per heavy atom. The second-order valence-electron chi connectivity index (χ2n) is 9.59. The fourth-order valence-electron chi connectivity index (χ4n) is 5.21. The van der Waals surface area contributed by atoms with Gasteiger partial charge in [-0.05, 0) is 32.6 Å². The van der Waals surface area contributed by atoms with E-state index in [1.165, 1.54) is 31.2 Å². The number of fused-ring (bicyclic) bond motifs is 1. The van der Waals surface area contributed by atoms with Crippen LogP contribution in [-0.4, -0.2) is 56.7 Å². The Bertz CT molecular complexity index is 1050. The van der Waals surface area contributed by atoms with Gasteiger partial charge >= 0.3 is 5.97 Å². The van der Waals surface area contributed by atoms with Gasteiger partial charge in [-0.1, -0.05) is 19.3 Å². The number of nitrogens with one attached hydrogen (secondary N) is 1. The molecule has 1 saturated carbocycles. The minimum absolute atomic E-state index is 0.00522. The maximum Gasteiger partial charge on any atom is 0.306 e. The Morgan fingerprint density at radius 3 is 2.71 bits per heavy atom. The van der Waals surface area contributed by atoms with Crippen LogP contribution in [0.1, 0.15) is 65.0 Å². The van der Waals surface area contributed by atoms with Gasteiger partial charge in [0.15, 0.2) is 28.9 Å². The fraction of sp³-hybridized carbons (Fsp3) is 0.696. The van der Waals surface area contributed by atoms with E-state index in [1.54, 1.807) is 7.05 Å². The molecule has 3 N–H and O–H groups in total. The van der Waals surface area contributed by atoms with E-state index in [0.29, 0.717) is 29.3 Å². The Kier molecular flexibility index (Phi) is 7.01. The summed E-state index contributed by atoms with van der Waals surface area (Å²) in [7, 11) is 1.67. The van der Waals surface area contributed by atoms with Crippen LogP contribution in [0.4, 0.5) is 16.2 Å². The van der Waals surface area contributed by atoms with E-state index in [9.17, 15) is 9.59 Å². The molecule has 2 aromatic heterocycles. The molecule has 2 aliphatic rings. The highest BCUT2D eigenvalue weighted by molar-refractivity contribution is 5.84. The molecule has 0 bridgehead atoms. The average Bonchev–Trinajstić information content (AvgIpc) is 3.30. The van der Waals surface area contributed by atoms with Crippen LogP contribution in [0.5, 0.6) is 0 Å². The highest BCUT2D eigenvalue weighted by Gasteiger charge is 2.56. The van der Waals surface area contributed by atoms with Crippen LogP contribution in [0, 0.1) is 11.8 Å². The number of anilines is 2. The number of aromatic nitrogens is 4. The molecular weight excluding hydrogens is 443 g/mol. The van der Waals surface area contributed by atoms with Crippen LogP contribution >= 0.6 is 0 Å². The number of Topliss-reactive ketones (excluding diaryl/α,β-unsaturated/α-hetero) is 1.